The van der Waals surface area contributed by atoms with Gasteiger partial charge in [-0.25, -0.2) is 0 Å². The lowest BCUT2D eigenvalue weighted by atomic mass is 10.1. The molecule has 116 valence electrons. The second kappa shape index (κ2) is 6.01. The van der Waals surface area contributed by atoms with Crippen LogP contribution in [0.3, 0.4) is 0 Å². The Kier molecular flexibility index (Phi) is 4.05. The third-order valence-electron chi connectivity index (χ3n) is 3.71. The molecule has 0 radical (unpaired) electrons. The molecule has 23 heavy (non-hydrogen) atoms. The number of nitrogens with zero attached hydrogens (tertiary/aromatic N) is 1. The van der Waals surface area contributed by atoms with E-state index in [1.165, 1.54) is 6.92 Å². The van der Waals surface area contributed by atoms with Crippen molar-refractivity contribution in [3.8, 4) is 5.75 Å². The molecule has 0 saturated carbocycles. The number of hydrogen-bond donors (Lipinski definition) is 0. The third-order valence-corrected chi connectivity index (χ3v) is 4.35. The molecule has 1 aromatic carbocycles. The number of benzene rings is 1. The second-order valence-electron chi connectivity index (χ2n) is 5.16. The first-order valence-corrected chi connectivity index (χ1v) is 7.81. The first-order valence-electron chi connectivity index (χ1n) is 7.01. The molecule has 0 amide bonds. The number of carbonyl (C=O) groups excluding carboxylic acids is 2. The highest BCUT2D eigenvalue weighted by Crippen LogP contribution is 2.26. The number of aromatic nitrogens is 1. The van der Waals surface area contributed by atoms with Crippen LogP contribution in [0, 0.1) is 0 Å². The first kappa shape index (κ1) is 15.5. The van der Waals surface area contributed by atoms with E-state index in [-0.39, 0.29) is 11.6 Å². The summed E-state index contributed by atoms with van der Waals surface area (Å²) in [5.74, 6) is 0.599. The highest BCUT2D eigenvalue weighted by atomic mass is 79.9. The number of methoxy groups -OCH3 is 1. The summed E-state index contributed by atoms with van der Waals surface area (Å²) in [4.78, 5) is 24.3. The van der Waals surface area contributed by atoms with Crippen molar-refractivity contribution in [1.82, 2.24) is 4.40 Å². The summed E-state index contributed by atoms with van der Waals surface area (Å²) in [6.07, 6.45) is 1.74. The molecule has 0 spiro atoms. The maximum atomic E-state index is 12.7. The van der Waals surface area contributed by atoms with Gasteiger partial charge >= 0.3 is 0 Å². The molecule has 3 rings (SSSR count). The molecule has 4 nitrogen and oxygen atoms in total. The SMILES string of the molecule is COc1ccc(C(=O)c2cc(Br)c3cc(C(C)=O)ccn23)cc1. The molecular formula is C18H14BrNO3. The molecule has 0 N–H and O–H groups in total. The van der Waals surface area contributed by atoms with Crippen molar-refractivity contribution < 1.29 is 14.3 Å². The molecule has 2 heterocycles. The number of rotatable bonds is 4. The zero-order valence-corrected chi connectivity index (χ0v) is 14.3. The van der Waals surface area contributed by atoms with Gasteiger partial charge < -0.3 is 9.14 Å². The van der Waals surface area contributed by atoms with E-state index in [0.717, 1.165) is 9.99 Å². The number of ether oxygens (including phenoxy) is 1. The van der Waals surface area contributed by atoms with E-state index < -0.39 is 0 Å². The summed E-state index contributed by atoms with van der Waals surface area (Å²) in [7, 11) is 1.58. The number of pyridine rings is 1. The molecule has 0 saturated heterocycles. The normalized spacial score (nSPS) is 10.7. The van der Waals surface area contributed by atoms with Crippen molar-refractivity contribution >= 4 is 33.0 Å². The van der Waals surface area contributed by atoms with Crippen LogP contribution < -0.4 is 4.74 Å². The summed E-state index contributed by atoms with van der Waals surface area (Å²) in [5, 5.41) is 0. The van der Waals surface area contributed by atoms with Gasteiger partial charge in [-0.3, -0.25) is 9.59 Å². The van der Waals surface area contributed by atoms with Crippen molar-refractivity contribution in [2.75, 3.05) is 7.11 Å². The molecule has 2 aromatic heterocycles. The second-order valence-corrected chi connectivity index (χ2v) is 6.02. The van der Waals surface area contributed by atoms with E-state index in [1.54, 1.807) is 60.2 Å². The van der Waals surface area contributed by atoms with Crippen molar-refractivity contribution in [2.24, 2.45) is 0 Å². The quantitative estimate of drug-likeness (QED) is 0.647. The van der Waals surface area contributed by atoms with Gasteiger partial charge in [-0.2, -0.15) is 0 Å². The van der Waals surface area contributed by atoms with Gasteiger partial charge in [0.15, 0.2) is 5.78 Å². The van der Waals surface area contributed by atoms with Gasteiger partial charge in [0.1, 0.15) is 5.75 Å². The fourth-order valence-electron chi connectivity index (χ4n) is 2.44. The van der Waals surface area contributed by atoms with Crippen molar-refractivity contribution in [3.05, 3.63) is 70.0 Å². The van der Waals surface area contributed by atoms with Gasteiger partial charge in [-0.1, -0.05) is 0 Å². The van der Waals surface area contributed by atoms with E-state index in [1.807, 2.05) is 0 Å². The van der Waals surface area contributed by atoms with Crippen LogP contribution in [0.4, 0.5) is 0 Å². The largest absolute Gasteiger partial charge is 0.497 e. The third kappa shape index (κ3) is 2.80. The van der Waals surface area contributed by atoms with Crippen LogP contribution in [0.15, 0.2) is 53.1 Å². The molecule has 3 aromatic rings. The highest BCUT2D eigenvalue weighted by Gasteiger charge is 2.17. The minimum absolute atomic E-state index is 0.0105. The Bertz CT molecular complexity index is 910. The van der Waals surface area contributed by atoms with E-state index >= 15 is 0 Å². The lowest BCUT2D eigenvalue weighted by molar-refractivity contribution is 0.101. The van der Waals surface area contributed by atoms with E-state index in [9.17, 15) is 9.59 Å². The maximum Gasteiger partial charge on any atom is 0.209 e. The summed E-state index contributed by atoms with van der Waals surface area (Å²) >= 11 is 3.46. The Morgan fingerprint density at radius 1 is 1.04 bits per heavy atom. The lowest BCUT2D eigenvalue weighted by Crippen LogP contribution is -2.05. The van der Waals surface area contributed by atoms with E-state index in [4.69, 9.17) is 4.74 Å². The Balaban J connectivity index is 2.08. The van der Waals surface area contributed by atoms with Crippen LogP contribution in [0.2, 0.25) is 0 Å². The molecule has 0 aliphatic rings. The summed E-state index contributed by atoms with van der Waals surface area (Å²) < 4.78 is 7.66. The van der Waals surface area contributed by atoms with Crippen molar-refractivity contribution in [2.45, 2.75) is 6.92 Å². The monoisotopic (exact) mass is 371 g/mol. The van der Waals surface area contributed by atoms with Crippen LogP contribution in [-0.4, -0.2) is 23.1 Å². The maximum absolute atomic E-state index is 12.7. The van der Waals surface area contributed by atoms with E-state index in [2.05, 4.69) is 15.9 Å². The average molecular weight is 372 g/mol. The van der Waals surface area contributed by atoms with Gasteiger partial charge in [-0.15, -0.1) is 0 Å². The molecular weight excluding hydrogens is 358 g/mol. The summed E-state index contributed by atoms with van der Waals surface area (Å²) in [6, 6.07) is 12.2. The van der Waals surface area contributed by atoms with Crippen LogP contribution in [0.5, 0.6) is 5.75 Å². The number of Topliss-reactive ketones (excluding diaryl/α,β-unsaturated/α-hetero) is 1. The predicted octanol–water partition coefficient (Wildman–Crippen LogP) is 4.14. The molecule has 0 atom stereocenters. The Hall–Kier alpha value is -2.40. The van der Waals surface area contributed by atoms with Gasteiger partial charge in [-0.05, 0) is 65.3 Å². The van der Waals surface area contributed by atoms with Gasteiger partial charge in [0.25, 0.3) is 0 Å². The molecule has 0 fully saturated rings. The average Bonchev–Trinajstić information content (AvgIpc) is 2.90. The Morgan fingerprint density at radius 3 is 2.35 bits per heavy atom. The smallest absolute Gasteiger partial charge is 0.209 e. The van der Waals surface area contributed by atoms with Gasteiger partial charge in [0, 0.05) is 21.8 Å². The number of halogens is 1. The fraction of sp³-hybridized carbons (Fsp3) is 0.111. The fourth-order valence-corrected chi connectivity index (χ4v) is 2.96. The number of ketones is 2. The zero-order chi connectivity index (χ0) is 16.6. The van der Waals surface area contributed by atoms with Crippen LogP contribution in [0.25, 0.3) is 5.52 Å². The highest BCUT2D eigenvalue weighted by molar-refractivity contribution is 9.10. The van der Waals surface area contributed by atoms with Crippen molar-refractivity contribution in [3.63, 3.8) is 0 Å². The van der Waals surface area contributed by atoms with Crippen LogP contribution >= 0.6 is 15.9 Å². The minimum Gasteiger partial charge on any atom is -0.497 e. The van der Waals surface area contributed by atoms with Crippen LogP contribution in [-0.2, 0) is 0 Å². The lowest BCUT2D eigenvalue weighted by Gasteiger charge is -2.05. The van der Waals surface area contributed by atoms with Crippen LogP contribution in [0.1, 0.15) is 33.3 Å². The van der Waals surface area contributed by atoms with Gasteiger partial charge in [0.2, 0.25) is 5.78 Å². The van der Waals surface area contributed by atoms with Gasteiger partial charge in [0.05, 0.1) is 18.3 Å². The predicted molar refractivity (Wildman–Crippen MR) is 91.5 cm³/mol. The molecule has 0 aliphatic carbocycles. The van der Waals surface area contributed by atoms with Crippen molar-refractivity contribution in [1.29, 1.82) is 0 Å². The zero-order valence-electron chi connectivity index (χ0n) is 12.7. The minimum atomic E-state index is -0.0936. The molecule has 0 unspecified atom stereocenters. The summed E-state index contributed by atoms with van der Waals surface area (Å²) in [6.45, 7) is 1.52. The summed E-state index contributed by atoms with van der Waals surface area (Å²) in [5.41, 5.74) is 2.51. The number of carbonyl (C=O) groups is 2. The molecule has 0 aliphatic heterocycles. The Morgan fingerprint density at radius 2 is 1.74 bits per heavy atom. The Labute approximate surface area is 141 Å². The number of hydrogen-bond acceptors (Lipinski definition) is 3. The topological polar surface area (TPSA) is 47.8 Å². The number of fused-ring (bicyclic) bond motifs is 1. The standard InChI is InChI=1S/C18H14BrNO3/c1-11(21)13-7-8-20-16(9-13)15(19)10-17(20)18(22)12-3-5-14(23-2)6-4-12/h3-10H,1-2H3. The molecule has 5 heteroatoms. The molecule has 0 bridgehead atoms. The van der Waals surface area contributed by atoms with E-state index in [0.29, 0.717) is 22.6 Å². The first-order chi connectivity index (χ1) is 11.0.